The molecule has 0 bridgehead atoms. The summed E-state index contributed by atoms with van der Waals surface area (Å²) in [5.41, 5.74) is 2.08. The second-order valence-corrected chi connectivity index (χ2v) is 6.47. The molecule has 0 spiro atoms. The summed E-state index contributed by atoms with van der Waals surface area (Å²) < 4.78 is 5.12. The lowest BCUT2D eigenvalue weighted by Crippen LogP contribution is -2.32. The van der Waals surface area contributed by atoms with E-state index >= 15 is 0 Å². The molecule has 1 N–H and O–H groups in total. The Morgan fingerprint density at radius 1 is 1.04 bits per heavy atom. The van der Waals surface area contributed by atoms with Gasteiger partial charge in [0.1, 0.15) is 5.75 Å². The molecule has 0 aliphatic rings. The van der Waals surface area contributed by atoms with Gasteiger partial charge in [-0.15, -0.1) is 0 Å². The van der Waals surface area contributed by atoms with E-state index in [1.165, 1.54) is 6.08 Å². The minimum atomic E-state index is -0.251. The number of hydrogen-bond acceptors (Lipinski definition) is 3. The zero-order valence-electron chi connectivity index (χ0n) is 16.8. The molecule has 0 atom stereocenters. The van der Waals surface area contributed by atoms with Gasteiger partial charge in [0.25, 0.3) is 5.91 Å². The summed E-state index contributed by atoms with van der Waals surface area (Å²) >= 11 is 0. The molecule has 0 heterocycles. The molecule has 0 fully saturated rings. The number of carbonyl (C=O) groups is 2. The predicted octanol–water partition coefficient (Wildman–Crippen LogP) is 4.61. The number of nitrogens with one attached hydrogen (secondary N) is 1. The highest BCUT2D eigenvalue weighted by Crippen LogP contribution is 2.15. The Kier molecular flexibility index (Phi) is 8.28. The zero-order valence-corrected chi connectivity index (χ0v) is 16.8. The second-order valence-electron chi connectivity index (χ2n) is 6.47. The summed E-state index contributed by atoms with van der Waals surface area (Å²) in [6.07, 6.45) is 5.03. The maximum atomic E-state index is 12.7. The predicted molar refractivity (Wildman–Crippen MR) is 114 cm³/mol. The third-order valence-electron chi connectivity index (χ3n) is 4.19. The highest BCUT2D eigenvalue weighted by atomic mass is 16.5. The molecule has 0 aliphatic carbocycles. The molecule has 148 valence electrons. The van der Waals surface area contributed by atoms with Crippen LogP contribution in [-0.2, 0) is 4.79 Å². The van der Waals surface area contributed by atoms with E-state index in [4.69, 9.17) is 4.74 Å². The maximum Gasteiger partial charge on any atom is 0.253 e. The molecule has 2 aromatic carbocycles. The lowest BCUT2D eigenvalue weighted by molar-refractivity contribution is -0.111. The number of amides is 2. The lowest BCUT2D eigenvalue weighted by atomic mass is 10.1. The van der Waals surface area contributed by atoms with Crippen molar-refractivity contribution < 1.29 is 14.3 Å². The normalized spacial score (nSPS) is 10.7. The smallest absolute Gasteiger partial charge is 0.253 e. The fraction of sp³-hybridized carbons (Fsp3) is 0.304. The molecule has 28 heavy (non-hydrogen) atoms. The molecular weight excluding hydrogens is 352 g/mol. The van der Waals surface area contributed by atoms with Gasteiger partial charge in [-0.25, -0.2) is 0 Å². The van der Waals surface area contributed by atoms with Crippen LogP contribution in [0.5, 0.6) is 5.75 Å². The first-order valence-electron chi connectivity index (χ1n) is 9.59. The molecule has 0 aliphatic heterocycles. The van der Waals surface area contributed by atoms with Crippen LogP contribution >= 0.6 is 0 Å². The average molecular weight is 380 g/mol. The van der Waals surface area contributed by atoms with Gasteiger partial charge in [-0.2, -0.15) is 0 Å². The number of rotatable bonds is 9. The SMILES string of the molecule is CCCN(CCC)C(=O)c1cccc(NC(=O)/C=C/c2ccc(OC)cc2)c1. The van der Waals surface area contributed by atoms with Gasteiger partial charge in [0.15, 0.2) is 0 Å². The molecule has 0 unspecified atom stereocenters. The van der Waals surface area contributed by atoms with Crippen LogP contribution in [0.1, 0.15) is 42.6 Å². The summed E-state index contributed by atoms with van der Waals surface area (Å²) in [6, 6.07) is 14.5. The van der Waals surface area contributed by atoms with Crippen molar-refractivity contribution in [3.8, 4) is 5.75 Å². The van der Waals surface area contributed by atoms with Gasteiger partial charge in [-0.05, 0) is 54.8 Å². The van der Waals surface area contributed by atoms with Crippen molar-refractivity contribution in [3.63, 3.8) is 0 Å². The van der Waals surface area contributed by atoms with Gasteiger partial charge < -0.3 is 15.0 Å². The molecule has 0 saturated heterocycles. The zero-order chi connectivity index (χ0) is 20.4. The molecule has 2 amide bonds. The largest absolute Gasteiger partial charge is 0.497 e. The van der Waals surface area contributed by atoms with E-state index in [1.54, 1.807) is 37.5 Å². The molecule has 0 aromatic heterocycles. The van der Waals surface area contributed by atoms with Crippen molar-refractivity contribution in [1.82, 2.24) is 4.90 Å². The fourth-order valence-corrected chi connectivity index (χ4v) is 2.84. The Balaban J connectivity index is 2.03. The Bertz CT molecular complexity index is 807. The van der Waals surface area contributed by atoms with Crippen molar-refractivity contribution >= 4 is 23.6 Å². The standard InChI is InChI=1S/C23H28N2O3/c1-4-15-25(16-5-2)23(27)19-7-6-8-20(17-19)24-22(26)14-11-18-9-12-21(28-3)13-10-18/h6-14,17H,4-5,15-16H2,1-3H3,(H,24,26)/b14-11+. The van der Waals surface area contributed by atoms with Crippen LogP contribution in [0.4, 0.5) is 5.69 Å². The minimum Gasteiger partial charge on any atom is -0.497 e. The van der Waals surface area contributed by atoms with Gasteiger partial charge in [-0.1, -0.05) is 32.0 Å². The van der Waals surface area contributed by atoms with E-state index in [1.807, 2.05) is 29.2 Å². The van der Waals surface area contributed by atoms with Gasteiger partial charge in [0.2, 0.25) is 5.91 Å². The van der Waals surface area contributed by atoms with Crippen LogP contribution in [0.2, 0.25) is 0 Å². The third kappa shape index (κ3) is 6.27. The number of methoxy groups -OCH3 is 1. The van der Waals surface area contributed by atoms with E-state index in [9.17, 15) is 9.59 Å². The first kappa shape index (κ1) is 21.2. The topological polar surface area (TPSA) is 58.6 Å². The van der Waals surface area contributed by atoms with E-state index in [0.29, 0.717) is 11.3 Å². The van der Waals surface area contributed by atoms with Gasteiger partial charge in [-0.3, -0.25) is 9.59 Å². The minimum absolute atomic E-state index is 0.00595. The molecule has 5 nitrogen and oxygen atoms in total. The maximum absolute atomic E-state index is 12.7. The first-order chi connectivity index (χ1) is 13.6. The van der Waals surface area contributed by atoms with Crippen LogP contribution in [0.25, 0.3) is 6.08 Å². The van der Waals surface area contributed by atoms with Crippen LogP contribution in [0.3, 0.4) is 0 Å². The van der Waals surface area contributed by atoms with E-state index < -0.39 is 0 Å². The molecule has 2 aromatic rings. The second kappa shape index (κ2) is 10.9. The number of nitrogens with zero attached hydrogens (tertiary/aromatic N) is 1. The molecule has 5 heteroatoms. The highest BCUT2D eigenvalue weighted by molar-refractivity contribution is 6.03. The number of benzene rings is 2. The third-order valence-corrected chi connectivity index (χ3v) is 4.19. The molecular formula is C23H28N2O3. The number of ether oxygens (including phenoxy) is 1. The average Bonchev–Trinajstić information content (AvgIpc) is 2.72. The fourth-order valence-electron chi connectivity index (χ4n) is 2.84. The van der Waals surface area contributed by atoms with Gasteiger partial charge >= 0.3 is 0 Å². The summed E-state index contributed by atoms with van der Waals surface area (Å²) in [5.74, 6) is 0.510. The van der Waals surface area contributed by atoms with Crippen molar-refractivity contribution in [2.24, 2.45) is 0 Å². The van der Waals surface area contributed by atoms with Crippen molar-refractivity contribution in [3.05, 3.63) is 65.7 Å². The Labute approximate surface area is 167 Å². The van der Waals surface area contributed by atoms with E-state index in [-0.39, 0.29) is 11.8 Å². The van der Waals surface area contributed by atoms with Crippen molar-refractivity contribution in [1.29, 1.82) is 0 Å². The van der Waals surface area contributed by atoms with Crippen molar-refractivity contribution in [2.75, 3.05) is 25.5 Å². The van der Waals surface area contributed by atoms with Crippen molar-refractivity contribution in [2.45, 2.75) is 26.7 Å². The van der Waals surface area contributed by atoms with E-state index in [0.717, 1.165) is 37.2 Å². The number of carbonyl (C=O) groups excluding carboxylic acids is 2. The van der Waals surface area contributed by atoms with E-state index in [2.05, 4.69) is 19.2 Å². The summed E-state index contributed by atoms with van der Waals surface area (Å²) in [4.78, 5) is 26.8. The Morgan fingerprint density at radius 2 is 1.71 bits per heavy atom. The Morgan fingerprint density at radius 3 is 2.32 bits per heavy atom. The van der Waals surface area contributed by atoms with Crippen LogP contribution < -0.4 is 10.1 Å². The summed E-state index contributed by atoms with van der Waals surface area (Å²) in [7, 11) is 1.61. The summed E-state index contributed by atoms with van der Waals surface area (Å²) in [6.45, 7) is 5.57. The summed E-state index contributed by atoms with van der Waals surface area (Å²) in [5, 5.41) is 2.81. The highest BCUT2D eigenvalue weighted by Gasteiger charge is 2.14. The first-order valence-corrected chi connectivity index (χ1v) is 9.59. The Hall–Kier alpha value is -3.08. The van der Waals surface area contributed by atoms with Gasteiger partial charge in [0.05, 0.1) is 7.11 Å². The quantitative estimate of drug-likeness (QED) is 0.646. The molecule has 2 rings (SSSR count). The number of hydrogen-bond donors (Lipinski definition) is 1. The number of anilines is 1. The monoisotopic (exact) mass is 380 g/mol. The van der Waals surface area contributed by atoms with Crippen LogP contribution in [0.15, 0.2) is 54.6 Å². The molecule has 0 saturated carbocycles. The van der Waals surface area contributed by atoms with Gasteiger partial charge in [0, 0.05) is 30.4 Å². The lowest BCUT2D eigenvalue weighted by Gasteiger charge is -2.21. The van der Waals surface area contributed by atoms with Crippen LogP contribution in [-0.4, -0.2) is 36.9 Å². The van der Waals surface area contributed by atoms with Crippen LogP contribution in [0, 0.1) is 0 Å². The molecule has 0 radical (unpaired) electrons.